The molecule has 0 saturated carbocycles. The topological polar surface area (TPSA) is 41.3 Å². The van der Waals surface area contributed by atoms with Gasteiger partial charge in [-0.15, -0.1) is 0 Å². The summed E-state index contributed by atoms with van der Waals surface area (Å²) in [5, 5.41) is 9.24. The molecule has 4 nitrogen and oxygen atoms in total. The highest BCUT2D eigenvalue weighted by atomic mass is 16.3. The molecule has 0 amide bonds. The monoisotopic (exact) mass is 203 g/mol. The minimum atomic E-state index is 0.0450. The van der Waals surface area contributed by atoms with Gasteiger partial charge < -0.3 is 14.6 Å². The highest BCUT2D eigenvalue weighted by Crippen LogP contribution is 2.25. The van der Waals surface area contributed by atoms with Crippen molar-refractivity contribution >= 4 is 17.0 Å². The number of fused-ring (bicyclic) bond motifs is 3. The van der Waals surface area contributed by atoms with Crippen LogP contribution in [0.4, 0.5) is 5.95 Å². The fourth-order valence-corrected chi connectivity index (χ4v) is 2.18. The van der Waals surface area contributed by atoms with Crippen molar-refractivity contribution in [2.24, 2.45) is 0 Å². The maximum absolute atomic E-state index is 9.24. The molecule has 0 radical (unpaired) electrons. The Bertz CT molecular complexity index is 492. The molecule has 0 bridgehead atoms. The van der Waals surface area contributed by atoms with Crippen molar-refractivity contribution in [2.45, 2.75) is 13.0 Å². The second-order valence-corrected chi connectivity index (χ2v) is 3.81. The molecule has 1 N–H and O–H groups in total. The first-order valence-corrected chi connectivity index (χ1v) is 5.21. The third-order valence-corrected chi connectivity index (χ3v) is 2.90. The van der Waals surface area contributed by atoms with Crippen LogP contribution in [0.1, 0.15) is 6.42 Å². The van der Waals surface area contributed by atoms with Crippen molar-refractivity contribution in [3.63, 3.8) is 0 Å². The van der Waals surface area contributed by atoms with Crippen LogP contribution in [-0.4, -0.2) is 27.9 Å². The van der Waals surface area contributed by atoms with Crippen molar-refractivity contribution in [1.29, 1.82) is 0 Å². The van der Waals surface area contributed by atoms with Gasteiger partial charge in [-0.05, 0) is 18.6 Å². The Morgan fingerprint density at radius 1 is 1.27 bits per heavy atom. The molecule has 1 aliphatic heterocycles. The number of nitrogens with zero attached hydrogens (tertiary/aromatic N) is 3. The normalized spacial score (nSPS) is 15.7. The predicted molar refractivity (Wildman–Crippen MR) is 58.8 cm³/mol. The molecular formula is C11H13N3O. The minimum Gasteiger partial charge on any atom is -0.376 e. The van der Waals surface area contributed by atoms with Crippen molar-refractivity contribution in [3.8, 4) is 0 Å². The fourth-order valence-electron chi connectivity index (χ4n) is 2.18. The Labute approximate surface area is 87.8 Å². The summed E-state index contributed by atoms with van der Waals surface area (Å²) in [6.45, 7) is 1.93. The molecule has 0 fully saturated rings. The van der Waals surface area contributed by atoms with E-state index in [0.29, 0.717) is 0 Å². The highest BCUT2D eigenvalue weighted by Gasteiger charge is 2.19. The molecular weight excluding hydrogens is 190 g/mol. The van der Waals surface area contributed by atoms with E-state index in [1.54, 1.807) is 0 Å². The standard InChI is InChI=1S/C11H13N3O/c15-8-13-6-3-7-14-10-5-2-1-4-9(10)12-11(13)14/h1-2,4-5,15H,3,6-8H2. The summed E-state index contributed by atoms with van der Waals surface area (Å²) >= 11 is 0. The van der Waals surface area contributed by atoms with E-state index in [4.69, 9.17) is 0 Å². The van der Waals surface area contributed by atoms with E-state index < -0.39 is 0 Å². The molecule has 0 aliphatic carbocycles. The zero-order valence-corrected chi connectivity index (χ0v) is 8.43. The number of aliphatic hydroxyl groups is 1. The summed E-state index contributed by atoms with van der Waals surface area (Å²) in [7, 11) is 0. The molecule has 4 heteroatoms. The van der Waals surface area contributed by atoms with Gasteiger partial charge in [0, 0.05) is 13.1 Å². The molecule has 0 saturated heterocycles. The number of aromatic nitrogens is 2. The molecule has 2 heterocycles. The van der Waals surface area contributed by atoms with E-state index in [1.165, 1.54) is 0 Å². The number of para-hydroxylation sites is 2. The Hall–Kier alpha value is -1.55. The van der Waals surface area contributed by atoms with Crippen molar-refractivity contribution in [3.05, 3.63) is 24.3 Å². The maximum Gasteiger partial charge on any atom is 0.208 e. The van der Waals surface area contributed by atoms with Crippen LogP contribution < -0.4 is 4.90 Å². The first-order valence-electron chi connectivity index (χ1n) is 5.21. The van der Waals surface area contributed by atoms with E-state index in [2.05, 4.69) is 15.6 Å². The molecule has 1 aliphatic rings. The van der Waals surface area contributed by atoms with E-state index in [-0.39, 0.29) is 6.73 Å². The quantitative estimate of drug-likeness (QED) is 0.757. The van der Waals surface area contributed by atoms with Gasteiger partial charge in [-0.1, -0.05) is 12.1 Å². The summed E-state index contributed by atoms with van der Waals surface area (Å²) in [6.07, 6.45) is 1.06. The summed E-state index contributed by atoms with van der Waals surface area (Å²) < 4.78 is 2.18. The Kier molecular flexibility index (Phi) is 1.89. The van der Waals surface area contributed by atoms with E-state index in [1.807, 2.05) is 23.1 Å². The lowest BCUT2D eigenvalue weighted by atomic mass is 10.3. The smallest absolute Gasteiger partial charge is 0.208 e. The van der Waals surface area contributed by atoms with Crippen LogP contribution in [0.25, 0.3) is 11.0 Å². The molecule has 0 spiro atoms. The lowest BCUT2D eigenvalue weighted by molar-refractivity contribution is 0.281. The highest BCUT2D eigenvalue weighted by molar-refractivity contribution is 5.79. The van der Waals surface area contributed by atoms with Crippen LogP contribution in [0, 0.1) is 0 Å². The molecule has 0 atom stereocenters. The summed E-state index contributed by atoms with van der Waals surface area (Å²) in [4.78, 5) is 6.44. The lowest BCUT2D eigenvalue weighted by Gasteiger charge is -2.26. The molecule has 1 aromatic carbocycles. The average Bonchev–Trinajstić information content (AvgIpc) is 2.67. The number of anilines is 1. The molecule has 78 valence electrons. The van der Waals surface area contributed by atoms with Crippen LogP contribution in [0.5, 0.6) is 0 Å². The zero-order chi connectivity index (χ0) is 10.3. The summed E-state index contributed by atoms with van der Waals surface area (Å²) in [5.41, 5.74) is 2.17. The number of hydrogen-bond donors (Lipinski definition) is 1. The number of aryl methyl sites for hydroxylation is 1. The van der Waals surface area contributed by atoms with Gasteiger partial charge in [-0.25, -0.2) is 4.98 Å². The summed E-state index contributed by atoms with van der Waals surface area (Å²) in [5.74, 6) is 0.893. The van der Waals surface area contributed by atoms with Crippen LogP contribution in [0.2, 0.25) is 0 Å². The number of hydrogen-bond acceptors (Lipinski definition) is 3. The average molecular weight is 203 g/mol. The van der Waals surface area contributed by atoms with Crippen molar-refractivity contribution in [1.82, 2.24) is 9.55 Å². The molecule has 3 rings (SSSR count). The van der Waals surface area contributed by atoms with E-state index in [0.717, 1.165) is 36.5 Å². The zero-order valence-electron chi connectivity index (χ0n) is 8.43. The largest absolute Gasteiger partial charge is 0.376 e. The van der Waals surface area contributed by atoms with Gasteiger partial charge in [0.2, 0.25) is 5.95 Å². The predicted octanol–water partition coefficient (Wildman–Crippen LogP) is 1.20. The number of aliphatic hydroxyl groups excluding tert-OH is 1. The van der Waals surface area contributed by atoms with Crippen molar-refractivity contribution in [2.75, 3.05) is 18.2 Å². The van der Waals surface area contributed by atoms with Crippen LogP contribution in [0.3, 0.4) is 0 Å². The number of benzene rings is 1. The third-order valence-electron chi connectivity index (χ3n) is 2.90. The second-order valence-electron chi connectivity index (χ2n) is 3.81. The SMILES string of the molecule is OCN1CCCn2c1nc1ccccc12. The van der Waals surface area contributed by atoms with Crippen LogP contribution in [-0.2, 0) is 6.54 Å². The fraction of sp³-hybridized carbons (Fsp3) is 0.364. The first kappa shape index (κ1) is 8.73. The van der Waals surface area contributed by atoms with Gasteiger partial charge in [-0.2, -0.15) is 0 Å². The van der Waals surface area contributed by atoms with Crippen LogP contribution >= 0.6 is 0 Å². The molecule has 1 aromatic heterocycles. The lowest BCUT2D eigenvalue weighted by Crippen LogP contribution is -2.33. The Morgan fingerprint density at radius 3 is 3.00 bits per heavy atom. The van der Waals surface area contributed by atoms with E-state index >= 15 is 0 Å². The molecule has 2 aromatic rings. The van der Waals surface area contributed by atoms with Gasteiger partial charge in [0.25, 0.3) is 0 Å². The number of rotatable bonds is 1. The minimum absolute atomic E-state index is 0.0450. The summed E-state index contributed by atoms with van der Waals surface area (Å²) in [6, 6.07) is 8.10. The van der Waals surface area contributed by atoms with Gasteiger partial charge >= 0.3 is 0 Å². The van der Waals surface area contributed by atoms with Gasteiger partial charge in [0.1, 0.15) is 6.73 Å². The van der Waals surface area contributed by atoms with Gasteiger partial charge in [-0.3, -0.25) is 0 Å². The Morgan fingerprint density at radius 2 is 2.13 bits per heavy atom. The van der Waals surface area contributed by atoms with Crippen LogP contribution in [0.15, 0.2) is 24.3 Å². The van der Waals surface area contributed by atoms with Gasteiger partial charge in [0.05, 0.1) is 11.0 Å². The Balaban J connectivity index is 2.24. The third kappa shape index (κ3) is 1.22. The maximum atomic E-state index is 9.24. The second kappa shape index (κ2) is 3.24. The van der Waals surface area contributed by atoms with Crippen molar-refractivity contribution < 1.29 is 5.11 Å². The first-order chi connectivity index (χ1) is 7.40. The van der Waals surface area contributed by atoms with E-state index in [9.17, 15) is 5.11 Å². The number of imidazole rings is 1. The van der Waals surface area contributed by atoms with Gasteiger partial charge in [0.15, 0.2) is 0 Å². The molecule has 0 unspecified atom stereocenters. The molecule has 15 heavy (non-hydrogen) atoms.